The van der Waals surface area contributed by atoms with E-state index < -0.39 is 41.1 Å². The van der Waals surface area contributed by atoms with Gasteiger partial charge in [-0.2, -0.15) is 0 Å². The van der Waals surface area contributed by atoms with Crippen LogP contribution in [-0.2, 0) is 23.9 Å². The predicted octanol–water partition coefficient (Wildman–Crippen LogP) is 1.68. The highest BCUT2D eigenvalue weighted by atomic mass is 16.6. The summed E-state index contributed by atoms with van der Waals surface area (Å²) in [5, 5.41) is 10.2. The first-order valence-corrected chi connectivity index (χ1v) is 12.2. The summed E-state index contributed by atoms with van der Waals surface area (Å²) in [6.07, 6.45) is 9.83. The molecular weight excluding hydrogens is 424 g/mol. The number of aliphatic hydroxyl groups is 1. The summed E-state index contributed by atoms with van der Waals surface area (Å²) in [7, 11) is 0. The van der Waals surface area contributed by atoms with Gasteiger partial charge in [-0.1, -0.05) is 51.5 Å². The van der Waals surface area contributed by atoms with Gasteiger partial charge in [-0.3, -0.25) is 14.4 Å². The molecule has 1 N–H and O–H groups in total. The molecule has 8 heteroatoms. The quantitative estimate of drug-likeness (QED) is 0.479. The third kappa shape index (κ3) is 3.62. The highest BCUT2D eigenvalue weighted by molar-refractivity contribution is 5.99. The summed E-state index contributed by atoms with van der Waals surface area (Å²) in [5.41, 5.74) is -2.37. The average molecular weight is 461 g/mol. The second kappa shape index (κ2) is 8.87. The number of hydrogen-bond acceptors (Lipinski definition) is 6. The fourth-order valence-electron chi connectivity index (χ4n) is 6.00. The van der Waals surface area contributed by atoms with E-state index in [1.165, 1.54) is 4.90 Å². The summed E-state index contributed by atoms with van der Waals surface area (Å²) < 4.78 is 12.2. The van der Waals surface area contributed by atoms with Crippen LogP contribution in [0.1, 0.15) is 47.0 Å². The van der Waals surface area contributed by atoms with Crippen LogP contribution in [-0.4, -0.2) is 82.3 Å². The molecule has 4 aliphatic heterocycles. The highest BCUT2D eigenvalue weighted by Crippen LogP contribution is 2.57. The molecule has 1 spiro atoms. The standard InChI is InChI=1S/C25H36N2O6/c1-5-6-12-26-13-9-11-25-18(19-23(31)32-14-8-7-10-24(19,4)33-25)21(29)27(20(25)22(26)30)17(15-28)16(2)3/h7,9-11,16-20,28H,5-6,8,12-15H2,1-4H3/t17-,18-,19-,20?,24+,25-/m0/s1. The number of cyclic esters (lactones) is 1. The number of ether oxygens (including phenoxy) is 2. The number of unbranched alkanes of at least 4 members (excludes halogenated alkanes) is 1. The van der Waals surface area contributed by atoms with Gasteiger partial charge in [0.05, 0.1) is 30.8 Å². The number of rotatable bonds is 6. The Kier molecular flexibility index (Phi) is 6.44. The third-order valence-electron chi connectivity index (χ3n) is 7.64. The summed E-state index contributed by atoms with van der Waals surface area (Å²) in [5.74, 6) is -2.87. The van der Waals surface area contributed by atoms with E-state index in [0.717, 1.165) is 12.8 Å². The molecule has 6 atom stereocenters. The van der Waals surface area contributed by atoms with Crippen LogP contribution in [0.4, 0.5) is 0 Å². The van der Waals surface area contributed by atoms with Gasteiger partial charge in [0.2, 0.25) is 11.8 Å². The lowest BCUT2D eigenvalue weighted by molar-refractivity contribution is -0.162. The van der Waals surface area contributed by atoms with E-state index in [1.54, 1.807) is 11.8 Å². The van der Waals surface area contributed by atoms with Gasteiger partial charge in [-0.25, -0.2) is 0 Å². The lowest BCUT2D eigenvalue weighted by Gasteiger charge is -2.41. The van der Waals surface area contributed by atoms with Crippen molar-refractivity contribution in [2.75, 3.05) is 26.3 Å². The van der Waals surface area contributed by atoms with Crippen molar-refractivity contribution in [1.82, 2.24) is 9.80 Å². The number of hydrogen-bond donors (Lipinski definition) is 1. The number of nitrogens with zero attached hydrogens (tertiary/aromatic N) is 2. The molecular formula is C25H36N2O6. The maximum absolute atomic E-state index is 14.1. The van der Waals surface area contributed by atoms with Crippen LogP contribution in [0, 0.1) is 17.8 Å². The lowest BCUT2D eigenvalue weighted by atomic mass is 9.74. The average Bonchev–Trinajstić information content (AvgIpc) is 3.08. The molecule has 8 nitrogen and oxygen atoms in total. The zero-order valence-electron chi connectivity index (χ0n) is 20.0. The molecule has 0 bridgehead atoms. The zero-order valence-corrected chi connectivity index (χ0v) is 20.0. The molecule has 1 unspecified atom stereocenters. The van der Waals surface area contributed by atoms with E-state index in [4.69, 9.17) is 9.47 Å². The number of carbonyl (C=O) groups is 3. The molecule has 0 aromatic carbocycles. The Morgan fingerprint density at radius 3 is 2.58 bits per heavy atom. The SMILES string of the molecule is CCCCN1CC=C[C@]23O[C@]4(C)C=CCCOC(=O)[C@@H]4[C@H]2C(=O)N([C@@H](CO)C(C)C)C3C1=O. The largest absolute Gasteiger partial charge is 0.465 e. The van der Waals surface area contributed by atoms with E-state index in [9.17, 15) is 19.5 Å². The Hall–Kier alpha value is -2.19. The summed E-state index contributed by atoms with van der Waals surface area (Å²) in [4.78, 5) is 44.5. The molecule has 2 amide bonds. The van der Waals surface area contributed by atoms with Crippen molar-refractivity contribution >= 4 is 17.8 Å². The molecule has 33 heavy (non-hydrogen) atoms. The Balaban J connectivity index is 1.88. The molecule has 4 rings (SSSR count). The minimum absolute atomic E-state index is 0.0884. The maximum atomic E-state index is 14.1. The summed E-state index contributed by atoms with van der Waals surface area (Å²) >= 11 is 0. The van der Waals surface area contributed by atoms with Crippen LogP contribution < -0.4 is 0 Å². The highest BCUT2D eigenvalue weighted by Gasteiger charge is 2.75. The smallest absolute Gasteiger partial charge is 0.313 e. The first-order chi connectivity index (χ1) is 15.7. The van der Waals surface area contributed by atoms with Crippen molar-refractivity contribution in [1.29, 1.82) is 0 Å². The van der Waals surface area contributed by atoms with Crippen LogP contribution in [0.25, 0.3) is 0 Å². The Morgan fingerprint density at radius 2 is 1.91 bits per heavy atom. The van der Waals surface area contributed by atoms with Crippen LogP contribution in [0.5, 0.6) is 0 Å². The molecule has 0 radical (unpaired) electrons. The summed E-state index contributed by atoms with van der Waals surface area (Å²) in [6, 6.07) is -1.51. The first kappa shape index (κ1) is 24.0. The van der Waals surface area contributed by atoms with Gasteiger partial charge in [-0.15, -0.1) is 0 Å². The molecule has 0 aliphatic carbocycles. The topological polar surface area (TPSA) is 96.4 Å². The Morgan fingerprint density at radius 1 is 1.15 bits per heavy atom. The Bertz CT molecular complexity index is 869. The van der Waals surface area contributed by atoms with Crippen molar-refractivity contribution in [2.45, 2.75) is 70.2 Å². The number of aliphatic hydroxyl groups excluding tert-OH is 1. The van der Waals surface area contributed by atoms with Crippen molar-refractivity contribution in [3.63, 3.8) is 0 Å². The van der Waals surface area contributed by atoms with Gasteiger partial charge in [0.15, 0.2) is 0 Å². The fraction of sp³-hybridized carbons (Fsp3) is 0.720. The van der Waals surface area contributed by atoms with Crippen LogP contribution in [0.15, 0.2) is 24.3 Å². The van der Waals surface area contributed by atoms with Crippen molar-refractivity contribution in [3.8, 4) is 0 Å². The van der Waals surface area contributed by atoms with Gasteiger partial charge < -0.3 is 24.4 Å². The molecule has 2 saturated heterocycles. The molecule has 0 aromatic rings. The number of likely N-dealkylation sites (tertiary alicyclic amines) is 1. The van der Waals surface area contributed by atoms with E-state index >= 15 is 0 Å². The number of carbonyl (C=O) groups excluding carboxylic acids is 3. The normalized spacial score (nSPS) is 36.8. The number of amides is 2. The van der Waals surface area contributed by atoms with Gasteiger partial charge >= 0.3 is 5.97 Å². The number of fused-ring (bicyclic) bond motifs is 2. The molecule has 4 aliphatic rings. The van der Waals surface area contributed by atoms with Gasteiger partial charge in [0.25, 0.3) is 0 Å². The van der Waals surface area contributed by atoms with Crippen LogP contribution >= 0.6 is 0 Å². The zero-order chi connectivity index (χ0) is 24.0. The maximum Gasteiger partial charge on any atom is 0.313 e. The lowest BCUT2D eigenvalue weighted by Crippen LogP contribution is -2.59. The first-order valence-electron chi connectivity index (χ1n) is 12.2. The minimum Gasteiger partial charge on any atom is -0.465 e. The fourth-order valence-corrected chi connectivity index (χ4v) is 6.00. The van der Waals surface area contributed by atoms with Crippen LogP contribution in [0.2, 0.25) is 0 Å². The molecule has 0 saturated carbocycles. The van der Waals surface area contributed by atoms with E-state index in [2.05, 4.69) is 6.92 Å². The monoisotopic (exact) mass is 460 g/mol. The van der Waals surface area contributed by atoms with Crippen molar-refractivity contribution in [2.24, 2.45) is 17.8 Å². The van der Waals surface area contributed by atoms with E-state index in [0.29, 0.717) is 19.5 Å². The van der Waals surface area contributed by atoms with Crippen molar-refractivity contribution < 1.29 is 29.0 Å². The van der Waals surface area contributed by atoms with Crippen molar-refractivity contribution in [3.05, 3.63) is 24.3 Å². The third-order valence-corrected chi connectivity index (χ3v) is 7.64. The van der Waals surface area contributed by atoms with Gasteiger partial charge in [0.1, 0.15) is 17.6 Å². The molecule has 2 fully saturated rings. The molecule has 182 valence electrons. The van der Waals surface area contributed by atoms with Gasteiger partial charge in [-0.05, 0) is 25.7 Å². The Labute approximate surface area is 195 Å². The second-order valence-corrected chi connectivity index (χ2v) is 10.1. The van der Waals surface area contributed by atoms with Gasteiger partial charge in [0, 0.05) is 13.1 Å². The van der Waals surface area contributed by atoms with E-state index in [1.807, 2.05) is 38.2 Å². The molecule has 0 aromatic heterocycles. The van der Waals surface area contributed by atoms with Crippen LogP contribution in [0.3, 0.4) is 0 Å². The van der Waals surface area contributed by atoms with E-state index in [-0.39, 0.29) is 30.9 Å². The predicted molar refractivity (Wildman–Crippen MR) is 121 cm³/mol. The molecule has 4 heterocycles. The number of esters is 1. The summed E-state index contributed by atoms with van der Waals surface area (Å²) in [6.45, 7) is 8.66. The minimum atomic E-state index is -1.30. The second-order valence-electron chi connectivity index (χ2n) is 10.1.